The van der Waals surface area contributed by atoms with Gasteiger partial charge in [0.15, 0.2) is 10.8 Å². The number of esters is 1. The highest BCUT2D eigenvalue weighted by Crippen LogP contribution is 2.37. The van der Waals surface area contributed by atoms with Gasteiger partial charge in [-0.1, -0.05) is 17.7 Å². The van der Waals surface area contributed by atoms with Crippen LogP contribution < -0.4 is 5.32 Å². The van der Waals surface area contributed by atoms with Gasteiger partial charge in [0.05, 0.1) is 12.2 Å². The summed E-state index contributed by atoms with van der Waals surface area (Å²) in [5.41, 5.74) is -0.964. The number of ether oxygens (including phenoxy) is 1. The lowest BCUT2D eigenvalue weighted by Crippen LogP contribution is -2.50. The first-order valence-corrected chi connectivity index (χ1v) is 12.3. The van der Waals surface area contributed by atoms with Crippen molar-refractivity contribution in [2.45, 2.75) is 37.8 Å². The van der Waals surface area contributed by atoms with Gasteiger partial charge in [0.2, 0.25) is 0 Å². The van der Waals surface area contributed by atoms with Gasteiger partial charge >= 0.3 is 5.97 Å². The molecule has 35 heavy (non-hydrogen) atoms. The van der Waals surface area contributed by atoms with Crippen molar-refractivity contribution in [1.82, 2.24) is 15.2 Å². The maximum Gasteiger partial charge on any atom is 0.338 e. The zero-order valence-electron chi connectivity index (χ0n) is 18.8. The molecule has 0 amide bonds. The van der Waals surface area contributed by atoms with E-state index in [0.717, 1.165) is 6.07 Å². The van der Waals surface area contributed by atoms with Crippen LogP contribution in [-0.2, 0) is 9.53 Å². The Balaban J connectivity index is 1.74. The maximum absolute atomic E-state index is 13.8. The average Bonchev–Trinajstić information content (AvgIpc) is 3.35. The summed E-state index contributed by atoms with van der Waals surface area (Å²) >= 11 is 7.69. The van der Waals surface area contributed by atoms with E-state index in [4.69, 9.17) is 16.3 Å². The zero-order valence-corrected chi connectivity index (χ0v) is 20.4. The molecule has 2 N–H and O–H groups in total. The zero-order chi connectivity index (χ0) is 25.2. The van der Waals surface area contributed by atoms with E-state index in [1.807, 2.05) is 4.90 Å². The molecule has 0 saturated carbocycles. The summed E-state index contributed by atoms with van der Waals surface area (Å²) in [7, 11) is 0. The normalized spacial score (nSPS) is 20.5. The van der Waals surface area contributed by atoms with Crippen LogP contribution in [0.2, 0.25) is 5.02 Å². The van der Waals surface area contributed by atoms with Crippen molar-refractivity contribution in [2.24, 2.45) is 4.99 Å². The molecule has 188 valence electrons. The number of nitrogens with one attached hydrogen (secondary N) is 1. The largest absolute Gasteiger partial charge is 0.463 e. The molecule has 2 aliphatic rings. The molecule has 4 rings (SSSR count). The minimum atomic E-state index is -2.83. The van der Waals surface area contributed by atoms with Gasteiger partial charge in [-0.05, 0) is 31.9 Å². The van der Waals surface area contributed by atoms with Crippen molar-refractivity contribution in [1.29, 1.82) is 0 Å². The van der Waals surface area contributed by atoms with Crippen LogP contribution in [0.4, 0.5) is 13.2 Å². The van der Waals surface area contributed by atoms with E-state index in [0.29, 0.717) is 22.1 Å². The van der Waals surface area contributed by atoms with Gasteiger partial charge in [-0.3, -0.25) is 9.89 Å². The lowest BCUT2D eigenvalue weighted by Gasteiger charge is -2.38. The van der Waals surface area contributed by atoms with Gasteiger partial charge in [-0.15, -0.1) is 11.3 Å². The first-order chi connectivity index (χ1) is 16.7. The molecule has 1 atom stereocenters. The fraction of sp³-hybridized carbons (Fsp3) is 0.435. The molecule has 1 unspecified atom stereocenters. The van der Waals surface area contributed by atoms with Crippen molar-refractivity contribution in [3.8, 4) is 0 Å². The number of amidine groups is 1. The number of benzene rings is 1. The van der Waals surface area contributed by atoms with Gasteiger partial charge in [0.1, 0.15) is 17.5 Å². The number of hydrogen-bond acceptors (Lipinski definition) is 8. The Morgan fingerprint density at radius 2 is 2.14 bits per heavy atom. The SMILES string of the molecule is CCOC(=O)C1=C(CN2CCC(O)(C(F)F)CC2)NC(c2nccs2)=NC1c1ccc(F)cc1Cl. The number of aliphatic hydroxyl groups is 1. The van der Waals surface area contributed by atoms with Crippen molar-refractivity contribution in [3.05, 3.63) is 62.5 Å². The quantitative estimate of drug-likeness (QED) is 0.530. The van der Waals surface area contributed by atoms with Gasteiger partial charge in [-0.2, -0.15) is 0 Å². The third-order valence-electron chi connectivity index (χ3n) is 6.02. The average molecular weight is 529 g/mol. The van der Waals surface area contributed by atoms with Crippen LogP contribution in [0.15, 0.2) is 46.0 Å². The number of aliphatic imine (C=N–C) groups is 1. The molecular formula is C23H24ClF3N4O3S. The molecule has 3 heterocycles. The summed E-state index contributed by atoms with van der Waals surface area (Å²) in [6.07, 6.45) is -1.43. The Bertz CT molecular complexity index is 1140. The number of piperidine rings is 1. The third-order valence-corrected chi connectivity index (χ3v) is 7.13. The Hall–Kier alpha value is -2.47. The maximum atomic E-state index is 13.8. The molecule has 1 saturated heterocycles. The van der Waals surface area contributed by atoms with Crippen LogP contribution in [0.5, 0.6) is 0 Å². The molecule has 2 aliphatic heterocycles. The number of aromatic nitrogens is 1. The summed E-state index contributed by atoms with van der Waals surface area (Å²) in [6.45, 7) is 2.39. The minimum Gasteiger partial charge on any atom is -0.463 e. The number of carbonyl (C=O) groups is 1. The molecule has 7 nitrogen and oxygen atoms in total. The molecule has 0 aliphatic carbocycles. The lowest BCUT2D eigenvalue weighted by atomic mass is 9.91. The van der Waals surface area contributed by atoms with Gasteiger partial charge in [0, 0.05) is 47.5 Å². The van der Waals surface area contributed by atoms with Gasteiger partial charge in [-0.25, -0.2) is 22.9 Å². The summed E-state index contributed by atoms with van der Waals surface area (Å²) in [5.74, 6) is -0.753. The second-order valence-corrected chi connectivity index (χ2v) is 9.60. The number of likely N-dealkylation sites (tertiary alicyclic amines) is 1. The summed E-state index contributed by atoms with van der Waals surface area (Å²) in [6, 6.07) is 2.95. The van der Waals surface area contributed by atoms with Crippen molar-refractivity contribution >= 4 is 34.7 Å². The van der Waals surface area contributed by atoms with Crippen LogP contribution in [0.25, 0.3) is 0 Å². The molecule has 1 aromatic carbocycles. The van der Waals surface area contributed by atoms with E-state index in [-0.39, 0.29) is 49.7 Å². The predicted octanol–water partition coefficient (Wildman–Crippen LogP) is 3.94. The number of carbonyl (C=O) groups excluding carboxylic acids is 1. The van der Waals surface area contributed by atoms with E-state index in [2.05, 4.69) is 15.3 Å². The van der Waals surface area contributed by atoms with E-state index >= 15 is 0 Å². The van der Waals surface area contributed by atoms with Crippen LogP contribution in [0.3, 0.4) is 0 Å². The van der Waals surface area contributed by atoms with E-state index in [1.165, 1.54) is 23.5 Å². The summed E-state index contributed by atoms with van der Waals surface area (Å²) in [4.78, 5) is 24.0. The van der Waals surface area contributed by atoms with Gasteiger partial charge in [0.25, 0.3) is 6.43 Å². The van der Waals surface area contributed by atoms with Crippen LogP contribution in [-0.4, -0.2) is 65.1 Å². The summed E-state index contributed by atoms with van der Waals surface area (Å²) < 4.78 is 45.6. The molecule has 0 bridgehead atoms. The molecule has 0 radical (unpaired) electrons. The molecular weight excluding hydrogens is 505 g/mol. The number of alkyl halides is 2. The number of thiazole rings is 1. The highest BCUT2D eigenvalue weighted by atomic mass is 35.5. The smallest absolute Gasteiger partial charge is 0.338 e. The molecule has 0 spiro atoms. The molecule has 1 aromatic heterocycles. The van der Waals surface area contributed by atoms with E-state index in [1.54, 1.807) is 18.5 Å². The molecule has 1 fully saturated rings. The highest BCUT2D eigenvalue weighted by molar-refractivity contribution is 7.11. The van der Waals surface area contributed by atoms with Crippen LogP contribution in [0.1, 0.15) is 36.4 Å². The van der Waals surface area contributed by atoms with Crippen molar-refractivity contribution in [3.63, 3.8) is 0 Å². The van der Waals surface area contributed by atoms with E-state index in [9.17, 15) is 23.1 Å². The van der Waals surface area contributed by atoms with Crippen LogP contribution in [0, 0.1) is 5.82 Å². The molecule has 2 aromatic rings. The fourth-order valence-corrected chi connectivity index (χ4v) is 4.97. The third kappa shape index (κ3) is 5.53. The van der Waals surface area contributed by atoms with Gasteiger partial charge < -0.3 is 15.2 Å². The monoisotopic (exact) mass is 528 g/mol. The Morgan fingerprint density at radius 3 is 2.74 bits per heavy atom. The van der Waals surface area contributed by atoms with Crippen molar-refractivity contribution < 1.29 is 27.8 Å². The van der Waals surface area contributed by atoms with E-state index < -0.39 is 29.9 Å². The molecule has 12 heteroatoms. The number of nitrogens with zero attached hydrogens (tertiary/aromatic N) is 3. The second kappa shape index (κ2) is 10.7. The minimum absolute atomic E-state index is 0.0975. The lowest BCUT2D eigenvalue weighted by molar-refractivity contribution is -0.139. The second-order valence-electron chi connectivity index (χ2n) is 8.30. The summed E-state index contributed by atoms with van der Waals surface area (Å²) in [5, 5.41) is 15.8. The topological polar surface area (TPSA) is 87.0 Å². The first-order valence-electron chi connectivity index (χ1n) is 11.0. The first kappa shape index (κ1) is 25.6. The number of halogens is 4. The highest BCUT2D eigenvalue weighted by Gasteiger charge is 2.41. The predicted molar refractivity (Wildman–Crippen MR) is 126 cm³/mol. The standard InChI is InChI=1S/C23H24ClF3N4O3S/c1-2-34-21(32)17-16(12-31-8-5-23(33,6-9-31)22(26)27)29-19(20-28-7-10-35-20)30-18(17)14-4-3-13(25)11-15(14)24/h3-4,7,10-11,18,22,33H,2,5-6,8-9,12H2,1H3,(H,29,30). The van der Waals surface area contributed by atoms with Crippen LogP contribution >= 0.6 is 22.9 Å². The fourth-order valence-electron chi connectivity index (χ4n) is 4.11. The van der Waals surface area contributed by atoms with Crippen molar-refractivity contribution in [2.75, 3.05) is 26.2 Å². The Labute approximate surface area is 209 Å². The Morgan fingerprint density at radius 1 is 1.40 bits per heavy atom. The number of hydrogen-bond donors (Lipinski definition) is 2. The number of rotatable bonds is 7. The Kier molecular flexibility index (Phi) is 7.80.